The SMILES string of the molecule is C[NH+](C)CCC[NH2+]C[C@@H](O)COCc1ccc2c(c1)OCO2. The molecule has 0 unspecified atom stereocenters. The van der Waals surface area contributed by atoms with Crippen LogP contribution in [0.2, 0.25) is 0 Å². The van der Waals surface area contributed by atoms with Crippen LogP contribution in [-0.2, 0) is 11.3 Å². The quantitative estimate of drug-likeness (QED) is 0.455. The number of hydrogen-bond acceptors (Lipinski definition) is 4. The van der Waals surface area contributed by atoms with Crippen molar-refractivity contribution in [3.8, 4) is 11.5 Å². The Bertz CT molecular complexity index is 454. The largest absolute Gasteiger partial charge is 0.454 e. The molecule has 0 saturated heterocycles. The summed E-state index contributed by atoms with van der Waals surface area (Å²) in [6.45, 7) is 3.99. The van der Waals surface area contributed by atoms with Crippen LogP contribution in [0.25, 0.3) is 0 Å². The average molecular weight is 312 g/mol. The lowest BCUT2D eigenvalue weighted by molar-refractivity contribution is -0.860. The second-order valence-electron chi connectivity index (χ2n) is 5.98. The summed E-state index contributed by atoms with van der Waals surface area (Å²) in [5.74, 6) is 1.54. The first-order valence-electron chi connectivity index (χ1n) is 7.90. The van der Waals surface area contributed by atoms with Crippen LogP contribution in [0.4, 0.5) is 0 Å². The molecule has 6 nitrogen and oxygen atoms in total. The lowest BCUT2D eigenvalue weighted by atomic mass is 10.2. The van der Waals surface area contributed by atoms with Crippen molar-refractivity contribution in [3.63, 3.8) is 0 Å². The van der Waals surface area contributed by atoms with Gasteiger partial charge in [-0.1, -0.05) is 6.07 Å². The monoisotopic (exact) mass is 312 g/mol. The lowest BCUT2D eigenvalue weighted by Gasteiger charge is -2.11. The number of aliphatic hydroxyl groups is 1. The average Bonchev–Trinajstić information content (AvgIpc) is 2.94. The van der Waals surface area contributed by atoms with Gasteiger partial charge in [-0.15, -0.1) is 0 Å². The molecular formula is C16H28N2O4+2. The zero-order valence-corrected chi connectivity index (χ0v) is 13.5. The van der Waals surface area contributed by atoms with Crippen molar-refractivity contribution < 1.29 is 29.5 Å². The van der Waals surface area contributed by atoms with Gasteiger partial charge in [0.05, 0.1) is 40.4 Å². The van der Waals surface area contributed by atoms with Crippen molar-refractivity contribution in [3.05, 3.63) is 23.8 Å². The molecule has 4 N–H and O–H groups in total. The number of nitrogens with one attached hydrogen (secondary N) is 1. The second kappa shape index (κ2) is 8.95. The minimum atomic E-state index is -0.430. The van der Waals surface area contributed by atoms with Gasteiger partial charge in [-0.25, -0.2) is 0 Å². The van der Waals surface area contributed by atoms with Gasteiger partial charge in [-0.3, -0.25) is 0 Å². The molecule has 0 spiro atoms. The van der Waals surface area contributed by atoms with Crippen LogP contribution in [0.15, 0.2) is 18.2 Å². The molecule has 1 atom stereocenters. The van der Waals surface area contributed by atoms with Crippen LogP contribution in [0.3, 0.4) is 0 Å². The van der Waals surface area contributed by atoms with E-state index in [1.165, 1.54) is 4.90 Å². The number of ether oxygens (including phenoxy) is 3. The van der Waals surface area contributed by atoms with Gasteiger partial charge >= 0.3 is 0 Å². The highest BCUT2D eigenvalue weighted by atomic mass is 16.7. The van der Waals surface area contributed by atoms with Crippen LogP contribution in [0, 0.1) is 0 Å². The maximum absolute atomic E-state index is 9.88. The van der Waals surface area contributed by atoms with Crippen molar-refractivity contribution >= 4 is 0 Å². The molecule has 1 aliphatic rings. The zero-order valence-electron chi connectivity index (χ0n) is 13.5. The molecule has 0 radical (unpaired) electrons. The molecule has 0 bridgehead atoms. The van der Waals surface area contributed by atoms with E-state index in [1.54, 1.807) is 0 Å². The molecule has 0 fully saturated rings. The van der Waals surface area contributed by atoms with Crippen molar-refractivity contribution in [1.29, 1.82) is 0 Å². The van der Waals surface area contributed by atoms with Crippen LogP contribution < -0.4 is 19.7 Å². The van der Waals surface area contributed by atoms with E-state index in [4.69, 9.17) is 14.2 Å². The summed E-state index contributed by atoms with van der Waals surface area (Å²) in [6.07, 6.45) is 0.730. The third-order valence-corrected chi connectivity index (χ3v) is 3.54. The molecular weight excluding hydrogens is 284 g/mol. The molecule has 22 heavy (non-hydrogen) atoms. The Labute approximate surface area is 132 Å². The topological polar surface area (TPSA) is 69.0 Å². The number of quaternary nitrogens is 2. The highest BCUT2D eigenvalue weighted by molar-refractivity contribution is 5.44. The summed E-state index contributed by atoms with van der Waals surface area (Å²) in [5.41, 5.74) is 1.02. The second-order valence-corrected chi connectivity index (χ2v) is 5.98. The third kappa shape index (κ3) is 5.81. The molecule has 1 heterocycles. The Morgan fingerprint density at radius 1 is 1.32 bits per heavy atom. The summed E-state index contributed by atoms with van der Waals surface area (Å²) in [5, 5.41) is 12.0. The predicted octanol–water partition coefficient (Wildman–Crippen LogP) is -1.61. The van der Waals surface area contributed by atoms with Crippen LogP contribution in [-0.4, -0.2) is 58.3 Å². The van der Waals surface area contributed by atoms with E-state index in [-0.39, 0.29) is 6.79 Å². The van der Waals surface area contributed by atoms with E-state index in [2.05, 4.69) is 19.4 Å². The number of aliphatic hydroxyl groups excluding tert-OH is 1. The summed E-state index contributed by atoms with van der Waals surface area (Å²) in [6, 6.07) is 5.76. The van der Waals surface area contributed by atoms with Gasteiger partial charge in [0.2, 0.25) is 6.79 Å². The molecule has 0 aromatic heterocycles. The van der Waals surface area contributed by atoms with E-state index in [0.29, 0.717) is 19.8 Å². The highest BCUT2D eigenvalue weighted by Crippen LogP contribution is 2.32. The first-order chi connectivity index (χ1) is 10.6. The van der Waals surface area contributed by atoms with Crippen molar-refractivity contribution in [2.75, 3.05) is 47.1 Å². The number of fused-ring (bicyclic) bond motifs is 1. The Balaban J connectivity index is 1.56. The highest BCUT2D eigenvalue weighted by Gasteiger charge is 2.13. The Hall–Kier alpha value is -1.34. The molecule has 6 heteroatoms. The van der Waals surface area contributed by atoms with Gasteiger partial charge in [0, 0.05) is 6.42 Å². The summed E-state index contributed by atoms with van der Waals surface area (Å²) >= 11 is 0. The number of hydrogen-bond donors (Lipinski definition) is 3. The molecule has 1 aliphatic heterocycles. The van der Waals surface area contributed by atoms with E-state index in [0.717, 1.165) is 36.6 Å². The molecule has 124 valence electrons. The maximum atomic E-state index is 9.88. The summed E-state index contributed by atoms with van der Waals surface area (Å²) in [7, 11) is 4.30. The van der Waals surface area contributed by atoms with E-state index in [9.17, 15) is 5.11 Å². The summed E-state index contributed by atoms with van der Waals surface area (Å²) in [4.78, 5) is 1.46. The standard InChI is InChI=1S/C16H26N2O4/c1-18(2)7-3-6-17-9-14(19)11-20-10-13-4-5-15-16(8-13)22-12-21-15/h4-5,8,14,17,19H,3,6-7,9-12H2,1-2H3/p+2/t14-/m1/s1. The smallest absolute Gasteiger partial charge is 0.231 e. The van der Waals surface area contributed by atoms with Crippen molar-refractivity contribution in [1.82, 2.24) is 0 Å². The Morgan fingerprint density at radius 3 is 2.95 bits per heavy atom. The fourth-order valence-electron chi connectivity index (χ4n) is 2.32. The van der Waals surface area contributed by atoms with Crippen LogP contribution >= 0.6 is 0 Å². The van der Waals surface area contributed by atoms with E-state index in [1.807, 2.05) is 18.2 Å². The molecule has 1 aromatic rings. The maximum Gasteiger partial charge on any atom is 0.231 e. The van der Waals surface area contributed by atoms with Gasteiger partial charge in [-0.2, -0.15) is 0 Å². The van der Waals surface area contributed by atoms with Gasteiger partial charge in [0.25, 0.3) is 0 Å². The van der Waals surface area contributed by atoms with Crippen LogP contribution in [0.5, 0.6) is 11.5 Å². The predicted molar refractivity (Wildman–Crippen MR) is 82.2 cm³/mol. The van der Waals surface area contributed by atoms with Crippen molar-refractivity contribution in [2.45, 2.75) is 19.1 Å². The number of nitrogens with two attached hydrogens (primary N) is 1. The lowest BCUT2D eigenvalue weighted by Crippen LogP contribution is -3.06. The van der Waals surface area contributed by atoms with E-state index >= 15 is 0 Å². The van der Waals surface area contributed by atoms with Gasteiger partial charge in [0.1, 0.15) is 12.6 Å². The number of benzene rings is 1. The Morgan fingerprint density at radius 2 is 2.14 bits per heavy atom. The molecule has 2 rings (SSSR count). The van der Waals surface area contributed by atoms with Gasteiger partial charge < -0.3 is 29.5 Å². The molecule has 0 aliphatic carbocycles. The fourth-order valence-corrected chi connectivity index (χ4v) is 2.32. The number of rotatable bonds is 10. The first-order valence-corrected chi connectivity index (χ1v) is 7.90. The fraction of sp³-hybridized carbons (Fsp3) is 0.625. The zero-order chi connectivity index (χ0) is 15.8. The van der Waals surface area contributed by atoms with E-state index < -0.39 is 6.10 Å². The minimum absolute atomic E-state index is 0.281. The molecule has 1 aromatic carbocycles. The molecule has 0 amide bonds. The van der Waals surface area contributed by atoms with Gasteiger partial charge in [-0.05, 0) is 17.7 Å². The molecule has 0 saturated carbocycles. The summed E-state index contributed by atoms with van der Waals surface area (Å²) < 4.78 is 16.2. The van der Waals surface area contributed by atoms with Crippen molar-refractivity contribution in [2.24, 2.45) is 0 Å². The third-order valence-electron chi connectivity index (χ3n) is 3.54. The van der Waals surface area contributed by atoms with Gasteiger partial charge in [0.15, 0.2) is 11.5 Å². The Kier molecular flexibility index (Phi) is 6.92. The normalized spacial score (nSPS) is 14.5. The van der Waals surface area contributed by atoms with Crippen LogP contribution in [0.1, 0.15) is 12.0 Å². The minimum Gasteiger partial charge on any atom is -0.454 e. The first kappa shape index (κ1) is 17.0.